The fourth-order valence-electron chi connectivity index (χ4n) is 1.95. The van der Waals surface area contributed by atoms with Crippen molar-refractivity contribution in [3.05, 3.63) is 35.1 Å². The van der Waals surface area contributed by atoms with Crippen molar-refractivity contribution < 1.29 is 4.74 Å². The quantitative estimate of drug-likeness (QED) is 0.679. The van der Waals surface area contributed by atoms with Crippen molar-refractivity contribution in [2.45, 2.75) is 13.3 Å². The fourth-order valence-corrected chi connectivity index (χ4v) is 2.18. The monoisotopic (exact) mass is 321 g/mol. The van der Waals surface area contributed by atoms with Crippen molar-refractivity contribution in [1.82, 2.24) is 9.97 Å². The van der Waals surface area contributed by atoms with E-state index in [9.17, 15) is 0 Å². The number of benzene rings is 1. The number of nitrogen functional groups attached to an aromatic ring is 1. The van der Waals surface area contributed by atoms with E-state index >= 15 is 0 Å². The Morgan fingerprint density at radius 2 is 2.05 bits per heavy atom. The first-order valence-corrected chi connectivity index (χ1v) is 7.36. The molecule has 7 heteroatoms. The van der Waals surface area contributed by atoms with Gasteiger partial charge in [0.1, 0.15) is 12.0 Å². The van der Waals surface area contributed by atoms with Gasteiger partial charge in [0.05, 0.1) is 0 Å². The standard InChI is InChI=1S/C15H20ClN5O/c1-10-8-11(16)4-5-12(10)21-15-13(17)14(19-9-20-15)18-6-3-7-22-2/h4-5,8-9H,3,6-7,17H2,1-2H3,(H2,18,19,20,21). The molecule has 0 atom stereocenters. The predicted molar refractivity (Wildman–Crippen MR) is 90.9 cm³/mol. The highest BCUT2D eigenvalue weighted by Gasteiger charge is 2.09. The molecule has 0 amide bonds. The number of aryl methyl sites for hydroxylation is 1. The zero-order chi connectivity index (χ0) is 15.9. The molecule has 0 aliphatic carbocycles. The molecule has 0 spiro atoms. The van der Waals surface area contributed by atoms with Crippen LogP contribution in [-0.4, -0.2) is 30.2 Å². The molecule has 1 aromatic heterocycles. The summed E-state index contributed by atoms with van der Waals surface area (Å²) in [6.45, 7) is 3.39. The molecular formula is C15H20ClN5O. The van der Waals surface area contributed by atoms with E-state index in [0.717, 1.165) is 24.2 Å². The summed E-state index contributed by atoms with van der Waals surface area (Å²) in [5, 5.41) is 7.08. The van der Waals surface area contributed by atoms with E-state index in [1.165, 1.54) is 6.33 Å². The van der Waals surface area contributed by atoms with Crippen molar-refractivity contribution in [3.63, 3.8) is 0 Å². The molecule has 2 aromatic rings. The Morgan fingerprint density at radius 1 is 1.27 bits per heavy atom. The van der Waals surface area contributed by atoms with E-state index in [2.05, 4.69) is 20.6 Å². The molecule has 6 nitrogen and oxygen atoms in total. The Morgan fingerprint density at radius 3 is 2.77 bits per heavy atom. The summed E-state index contributed by atoms with van der Waals surface area (Å²) in [6, 6.07) is 5.59. The number of nitrogens with one attached hydrogen (secondary N) is 2. The average Bonchev–Trinajstić information content (AvgIpc) is 2.49. The lowest BCUT2D eigenvalue weighted by atomic mass is 10.2. The Hall–Kier alpha value is -2.05. The number of anilines is 4. The average molecular weight is 322 g/mol. The highest BCUT2D eigenvalue weighted by molar-refractivity contribution is 6.30. The van der Waals surface area contributed by atoms with E-state index in [4.69, 9.17) is 22.1 Å². The molecule has 4 N–H and O–H groups in total. The van der Waals surface area contributed by atoms with Gasteiger partial charge in [-0.3, -0.25) is 0 Å². The first-order valence-electron chi connectivity index (χ1n) is 6.98. The summed E-state index contributed by atoms with van der Waals surface area (Å²) in [7, 11) is 1.68. The van der Waals surface area contributed by atoms with Gasteiger partial charge in [0.15, 0.2) is 11.6 Å². The number of ether oxygens (including phenoxy) is 1. The van der Waals surface area contributed by atoms with Crippen LogP contribution >= 0.6 is 11.6 Å². The second-order valence-electron chi connectivity index (χ2n) is 4.84. The van der Waals surface area contributed by atoms with Crippen LogP contribution < -0.4 is 16.4 Å². The molecule has 0 saturated carbocycles. The fraction of sp³-hybridized carbons (Fsp3) is 0.333. The van der Waals surface area contributed by atoms with Crippen LogP contribution in [0.15, 0.2) is 24.5 Å². The third-order valence-electron chi connectivity index (χ3n) is 3.14. The zero-order valence-corrected chi connectivity index (χ0v) is 13.4. The molecule has 0 bridgehead atoms. The maximum absolute atomic E-state index is 6.12. The van der Waals surface area contributed by atoms with Gasteiger partial charge in [-0.15, -0.1) is 0 Å². The summed E-state index contributed by atoms with van der Waals surface area (Å²) in [5.74, 6) is 1.18. The van der Waals surface area contributed by atoms with Crippen LogP contribution in [0, 0.1) is 6.92 Å². The van der Waals surface area contributed by atoms with Gasteiger partial charge in [0.2, 0.25) is 0 Å². The van der Waals surface area contributed by atoms with Gasteiger partial charge in [-0.05, 0) is 37.1 Å². The molecule has 0 aliphatic rings. The third kappa shape index (κ3) is 4.22. The molecule has 1 heterocycles. The highest BCUT2D eigenvalue weighted by atomic mass is 35.5. The normalized spacial score (nSPS) is 10.5. The topological polar surface area (TPSA) is 85.1 Å². The van der Waals surface area contributed by atoms with Crippen molar-refractivity contribution in [1.29, 1.82) is 0 Å². The molecule has 0 unspecified atom stereocenters. The Balaban J connectivity index is 2.11. The second-order valence-corrected chi connectivity index (χ2v) is 5.28. The van der Waals surface area contributed by atoms with Gasteiger partial charge in [-0.1, -0.05) is 11.6 Å². The highest BCUT2D eigenvalue weighted by Crippen LogP contribution is 2.28. The maximum Gasteiger partial charge on any atom is 0.159 e. The SMILES string of the molecule is COCCCNc1ncnc(Nc2ccc(Cl)cc2C)c1N. The largest absolute Gasteiger partial charge is 0.393 e. The first kappa shape index (κ1) is 16.3. The summed E-state index contributed by atoms with van der Waals surface area (Å²) in [4.78, 5) is 8.36. The molecular weight excluding hydrogens is 302 g/mol. The minimum Gasteiger partial charge on any atom is -0.393 e. The lowest BCUT2D eigenvalue weighted by Crippen LogP contribution is -2.10. The number of hydrogen-bond donors (Lipinski definition) is 3. The van der Waals surface area contributed by atoms with E-state index in [1.807, 2.05) is 25.1 Å². The smallest absolute Gasteiger partial charge is 0.159 e. The minimum atomic E-state index is 0.481. The maximum atomic E-state index is 6.12. The molecule has 0 fully saturated rings. The number of halogens is 1. The second kappa shape index (κ2) is 7.82. The van der Waals surface area contributed by atoms with E-state index in [-0.39, 0.29) is 0 Å². The van der Waals surface area contributed by atoms with Crippen LogP contribution in [0.25, 0.3) is 0 Å². The van der Waals surface area contributed by atoms with Crippen LogP contribution in [0.5, 0.6) is 0 Å². The van der Waals surface area contributed by atoms with Gasteiger partial charge >= 0.3 is 0 Å². The summed E-state index contributed by atoms with van der Waals surface area (Å²) >= 11 is 5.96. The van der Waals surface area contributed by atoms with E-state index < -0.39 is 0 Å². The van der Waals surface area contributed by atoms with Gasteiger partial charge in [0, 0.05) is 31.0 Å². The Bertz CT molecular complexity index is 635. The van der Waals surface area contributed by atoms with Crippen LogP contribution in [0.2, 0.25) is 5.02 Å². The number of nitrogens with two attached hydrogens (primary N) is 1. The molecule has 1 aromatic carbocycles. The first-order chi connectivity index (χ1) is 10.6. The molecule has 0 aliphatic heterocycles. The van der Waals surface area contributed by atoms with Gasteiger partial charge in [0.25, 0.3) is 0 Å². The number of hydrogen-bond acceptors (Lipinski definition) is 6. The molecule has 0 radical (unpaired) electrons. The predicted octanol–water partition coefficient (Wildman–Crippen LogP) is 3.21. The lowest BCUT2D eigenvalue weighted by Gasteiger charge is -2.14. The zero-order valence-electron chi connectivity index (χ0n) is 12.7. The minimum absolute atomic E-state index is 0.481. The van der Waals surface area contributed by atoms with E-state index in [1.54, 1.807) is 7.11 Å². The molecule has 0 saturated heterocycles. The van der Waals surface area contributed by atoms with Crippen molar-refractivity contribution >= 4 is 34.6 Å². The van der Waals surface area contributed by atoms with Crippen LogP contribution in [0.4, 0.5) is 23.0 Å². The molecule has 22 heavy (non-hydrogen) atoms. The summed E-state index contributed by atoms with van der Waals surface area (Å²) in [5.41, 5.74) is 8.52. The number of rotatable bonds is 7. The Labute approximate surface area is 135 Å². The van der Waals surface area contributed by atoms with E-state index in [0.29, 0.717) is 29.0 Å². The van der Waals surface area contributed by atoms with Crippen LogP contribution in [-0.2, 0) is 4.74 Å². The lowest BCUT2D eigenvalue weighted by molar-refractivity contribution is 0.198. The summed E-state index contributed by atoms with van der Waals surface area (Å²) < 4.78 is 5.01. The van der Waals surface area contributed by atoms with Crippen molar-refractivity contribution in [2.75, 3.05) is 36.6 Å². The van der Waals surface area contributed by atoms with Crippen LogP contribution in [0.1, 0.15) is 12.0 Å². The number of nitrogens with zero attached hydrogens (tertiary/aromatic N) is 2. The van der Waals surface area contributed by atoms with Gasteiger partial charge < -0.3 is 21.1 Å². The van der Waals surface area contributed by atoms with Crippen molar-refractivity contribution in [2.24, 2.45) is 0 Å². The van der Waals surface area contributed by atoms with Gasteiger partial charge in [-0.25, -0.2) is 9.97 Å². The van der Waals surface area contributed by atoms with Gasteiger partial charge in [-0.2, -0.15) is 0 Å². The summed E-state index contributed by atoms with van der Waals surface area (Å²) in [6.07, 6.45) is 2.35. The molecule has 2 rings (SSSR count). The van der Waals surface area contributed by atoms with Crippen molar-refractivity contribution in [3.8, 4) is 0 Å². The number of aromatic nitrogens is 2. The Kier molecular flexibility index (Phi) is 5.80. The van der Waals surface area contributed by atoms with Crippen LogP contribution in [0.3, 0.4) is 0 Å². The molecule has 118 valence electrons. The number of methoxy groups -OCH3 is 1. The third-order valence-corrected chi connectivity index (χ3v) is 3.38.